The molecule has 0 spiro atoms. The van der Waals surface area contributed by atoms with Gasteiger partial charge in [-0.15, -0.1) is 0 Å². The second-order valence-electron chi connectivity index (χ2n) is 5.80. The quantitative estimate of drug-likeness (QED) is 0.519. The van der Waals surface area contributed by atoms with Crippen molar-refractivity contribution >= 4 is 57.7 Å². The first-order valence-corrected chi connectivity index (χ1v) is 8.38. The third-order valence-corrected chi connectivity index (χ3v) is 4.56. The number of hydrogen-bond donors (Lipinski definition) is 1. The molecule has 1 aromatic heterocycles. The van der Waals surface area contributed by atoms with E-state index >= 15 is 0 Å². The fourth-order valence-corrected chi connectivity index (χ4v) is 3.53. The standard InChI is InChI=1S/C19H12Cl2N2O2/c20-13-7-14(21)9-15(8-13)23-18(24)6-11(19(23)25)5-12-10-22-17-4-2-1-3-16(12)17/h1-5,7-10,22H,6H2. The van der Waals surface area contributed by atoms with Gasteiger partial charge in [0, 0.05) is 38.3 Å². The summed E-state index contributed by atoms with van der Waals surface area (Å²) in [6, 6.07) is 12.5. The normalized spacial score (nSPS) is 16.4. The Labute approximate surface area is 153 Å². The lowest BCUT2D eigenvalue weighted by atomic mass is 10.1. The molecule has 1 aliphatic rings. The van der Waals surface area contributed by atoms with Crippen molar-refractivity contribution in [3.8, 4) is 0 Å². The van der Waals surface area contributed by atoms with Crippen molar-refractivity contribution in [2.45, 2.75) is 6.42 Å². The van der Waals surface area contributed by atoms with Gasteiger partial charge >= 0.3 is 0 Å². The van der Waals surface area contributed by atoms with Crippen LogP contribution in [0.3, 0.4) is 0 Å². The smallest absolute Gasteiger partial charge is 0.261 e. The molecule has 25 heavy (non-hydrogen) atoms. The van der Waals surface area contributed by atoms with E-state index in [0.29, 0.717) is 21.3 Å². The predicted octanol–water partition coefficient (Wildman–Crippen LogP) is 4.82. The minimum atomic E-state index is -0.353. The van der Waals surface area contributed by atoms with Crippen LogP contribution in [-0.4, -0.2) is 16.8 Å². The van der Waals surface area contributed by atoms with Crippen molar-refractivity contribution in [3.63, 3.8) is 0 Å². The first-order valence-electron chi connectivity index (χ1n) is 7.63. The van der Waals surface area contributed by atoms with Crippen molar-refractivity contribution in [1.29, 1.82) is 0 Å². The number of aromatic nitrogens is 1. The van der Waals surface area contributed by atoms with Gasteiger partial charge in [0.2, 0.25) is 5.91 Å². The van der Waals surface area contributed by atoms with E-state index in [4.69, 9.17) is 23.2 Å². The minimum absolute atomic E-state index is 0.0441. The number of nitrogens with zero attached hydrogens (tertiary/aromatic N) is 1. The van der Waals surface area contributed by atoms with Crippen LogP contribution < -0.4 is 4.90 Å². The van der Waals surface area contributed by atoms with Gasteiger partial charge in [0.1, 0.15) is 0 Å². The number of hydrogen-bond acceptors (Lipinski definition) is 2. The fraction of sp³-hybridized carbons (Fsp3) is 0.0526. The van der Waals surface area contributed by atoms with E-state index in [1.54, 1.807) is 24.3 Å². The third-order valence-electron chi connectivity index (χ3n) is 4.13. The summed E-state index contributed by atoms with van der Waals surface area (Å²) in [7, 11) is 0. The number of H-pyrrole nitrogens is 1. The Kier molecular flexibility index (Phi) is 3.86. The van der Waals surface area contributed by atoms with Gasteiger partial charge in [0.25, 0.3) is 5.91 Å². The SMILES string of the molecule is O=C1CC(=Cc2c[nH]c3ccccc23)C(=O)N1c1cc(Cl)cc(Cl)c1. The molecular formula is C19H12Cl2N2O2. The van der Waals surface area contributed by atoms with Crippen LogP contribution in [-0.2, 0) is 9.59 Å². The third kappa shape index (κ3) is 2.84. The summed E-state index contributed by atoms with van der Waals surface area (Å²) in [6.07, 6.45) is 3.63. The molecule has 0 unspecified atom stereocenters. The number of halogens is 2. The number of anilines is 1. The lowest BCUT2D eigenvalue weighted by Gasteiger charge is -2.14. The maximum absolute atomic E-state index is 12.7. The molecule has 124 valence electrons. The van der Waals surface area contributed by atoms with Crippen molar-refractivity contribution in [2.24, 2.45) is 0 Å². The molecule has 1 aliphatic heterocycles. The van der Waals surface area contributed by atoms with E-state index in [2.05, 4.69) is 4.98 Å². The van der Waals surface area contributed by atoms with E-state index < -0.39 is 0 Å². The van der Waals surface area contributed by atoms with Crippen LogP contribution in [0, 0.1) is 0 Å². The Morgan fingerprint density at radius 2 is 1.76 bits per heavy atom. The average molecular weight is 371 g/mol. The van der Waals surface area contributed by atoms with Crippen molar-refractivity contribution in [3.05, 3.63) is 69.8 Å². The molecule has 2 amide bonds. The number of carbonyl (C=O) groups is 2. The van der Waals surface area contributed by atoms with Crippen LogP contribution in [0.15, 0.2) is 54.2 Å². The maximum atomic E-state index is 12.7. The van der Waals surface area contributed by atoms with Crippen LogP contribution in [0.1, 0.15) is 12.0 Å². The molecule has 0 radical (unpaired) electrons. The highest BCUT2D eigenvalue weighted by atomic mass is 35.5. The largest absolute Gasteiger partial charge is 0.361 e. The number of aromatic amines is 1. The summed E-state index contributed by atoms with van der Waals surface area (Å²) >= 11 is 12.0. The van der Waals surface area contributed by atoms with Crippen molar-refractivity contribution in [1.82, 2.24) is 4.98 Å². The van der Waals surface area contributed by atoms with E-state index in [9.17, 15) is 9.59 Å². The van der Waals surface area contributed by atoms with Crippen LogP contribution in [0.4, 0.5) is 5.69 Å². The molecule has 1 fully saturated rings. The fourth-order valence-electron chi connectivity index (χ4n) is 3.02. The van der Waals surface area contributed by atoms with Gasteiger partial charge in [-0.1, -0.05) is 41.4 Å². The van der Waals surface area contributed by atoms with Crippen LogP contribution in [0.25, 0.3) is 17.0 Å². The molecule has 0 saturated carbocycles. The summed E-state index contributed by atoms with van der Waals surface area (Å²) in [5.74, 6) is -0.650. The second-order valence-corrected chi connectivity index (χ2v) is 6.67. The number of benzene rings is 2. The van der Waals surface area contributed by atoms with Gasteiger partial charge in [-0.3, -0.25) is 9.59 Å². The monoisotopic (exact) mass is 370 g/mol. The summed E-state index contributed by atoms with van der Waals surface area (Å²) in [5.41, 5.74) is 2.67. The number of nitrogens with one attached hydrogen (secondary N) is 1. The summed E-state index contributed by atoms with van der Waals surface area (Å²) < 4.78 is 0. The summed E-state index contributed by atoms with van der Waals surface area (Å²) in [5, 5.41) is 1.74. The summed E-state index contributed by atoms with van der Waals surface area (Å²) in [4.78, 5) is 29.4. The maximum Gasteiger partial charge on any atom is 0.261 e. The molecule has 2 heterocycles. The molecule has 4 rings (SSSR count). The Morgan fingerprint density at radius 1 is 1.04 bits per heavy atom. The van der Waals surface area contributed by atoms with Gasteiger partial charge in [-0.2, -0.15) is 0 Å². The number of fused-ring (bicyclic) bond motifs is 1. The topological polar surface area (TPSA) is 53.2 Å². The van der Waals surface area contributed by atoms with Gasteiger partial charge < -0.3 is 4.98 Å². The van der Waals surface area contributed by atoms with Crippen LogP contribution in [0.5, 0.6) is 0 Å². The molecule has 4 nitrogen and oxygen atoms in total. The zero-order valence-electron chi connectivity index (χ0n) is 12.9. The number of amides is 2. The predicted molar refractivity (Wildman–Crippen MR) is 99.8 cm³/mol. The second kappa shape index (κ2) is 6.06. The van der Waals surface area contributed by atoms with E-state index in [0.717, 1.165) is 21.4 Å². The van der Waals surface area contributed by atoms with E-state index in [-0.39, 0.29) is 18.2 Å². The average Bonchev–Trinajstić information content (AvgIpc) is 3.08. The molecule has 0 aliphatic carbocycles. The Morgan fingerprint density at radius 3 is 2.52 bits per heavy atom. The first kappa shape index (κ1) is 15.9. The number of para-hydroxylation sites is 1. The van der Waals surface area contributed by atoms with Crippen molar-refractivity contribution < 1.29 is 9.59 Å². The summed E-state index contributed by atoms with van der Waals surface area (Å²) in [6.45, 7) is 0. The Bertz CT molecular complexity index is 1030. The Hall–Kier alpha value is -2.56. The van der Waals surface area contributed by atoms with E-state index in [1.165, 1.54) is 0 Å². The van der Waals surface area contributed by atoms with Gasteiger partial charge in [-0.25, -0.2) is 4.90 Å². The first-order chi connectivity index (χ1) is 12.0. The number of carbonyl (C=O) groups excluding carboxylic acids is 2. The minimum Gasteiger partial charge on any atom is -0.361 e. The van der Waals surface area contributed by atoms with Crippen LogP contribution in [0.2, 0.25) is 10.0 Å². The number of imide groups is 1. The molecule has 2 aromatic carbocycles. The molecule has 0 bridgehead atoms. The Balaban J connectivity index is 1.74. The zero-order valence-corrected chi connectivity index (χ0v) is 14.4. The van der Waals surface area contributed by atoms with Gasteiger partial charge in [-0.05, 0) is 30.3 Å². The number of rotatable bonds is 2. The molecular weight excluding hydrogens is 359 g/mol. The zero-order chi connectivity index (χ0) is 17.6. The highest BCUT2D eigenvalue weighted by molar-refractivity contribution is 6.36. The van der Waals surface area contributed by atoms with E-state index in [1.807, 2.05) is 30.5 Å². The van der Waals surface area contributed by atoms with Crippen molar-refractivity contribution in [2.75, 3.05) is 4.90 Å². The highest BCUT2D eigenvalue weighted by Gasteiger charge is 2.35. The van der Waals surface area contributed by atoms with Crippen LogP contribution >= 0.6 is 23.2 Å². The molecule has 0 atom stereocenters. The highest BCUT2D eigenvalue weighted by Crippen LogP contribution is 2.32. The lowest BCUT2D eigenvalue weighted by molar-refractivity contribution is -0.120. The van der Waals surface area contributed by atoms with Gasteiger partial charge in [0.05, 0.1) is 12.1 Å². The molecule has 1 N–H and O–H groups in total. The lowest BCUT2D eigenvalue weighted by Crippen LogP contribution is -2.28. The molecule has 3 aromatic rings. The van der Waals surface area contributed by atoms with Gasteiger partial charge in [0.15, 0.2) is 0 Å². The molecule has 1 saturated heterocycles. The molecule has 6 heteroatoms.